The van der Waals surface area contributed by atoms with Crippen molar-refractivity contribution in [2.75, 3.05) is 25.1 Å². The minimum Gasteiger partial charge on any atom is -0.490 e. The number of para-hydroxylation sites is 2. The molecule has 1 amide bonds. The molecule has 28 heavy (non-hydrogen) atoms. The third-order valence-corrected chi connectivity index (χ3v) is 3.95. The highest BCUT2D eigenvalue weighted by atomic mass is 16.5. The second-order valence-corrected chi connectivity index (χ2v) is 6.36. The number of benzene rings is 2. The van der Waals surface area contributed by atoms with Gasteiger partial charge >= 0.3 is 5.97 Å². The minimum absolute atomic E-state index is 0.174. The van der Waals surface area contributed by atoms with Gasteiger partial charge in [-0.25, -0.2) is 0 Å². The number of hydrogen-bond donors (Lipinski definition) is 1. The van der Waals surface area contributed by atoms with E-state index in [-0.39, 0.29) is 18.9 Å². The summed E-state index contributed by atoms with van der Waals surface area (Å²) in [6.07, 6.45) is 0.658. The van der Waals surface area contributed by atoms with Crippen LogP contribution in [0.4, 0.5) is 5.69 Å². The van der Waals surface area contributed by atoms with Gasteiger partial charge in [-0.3, -0.25) is 9.59 Å². The molecule has 0 spiro atoms. The molecule has 0 saturated heterocycles. The van der Waals surface area contributed by atoms with Gasteiger partial charge in [-0.05, 0) is 51.0 Å². The quantitative estimate of drug-likeness (QED) is 0.493. The fraction of sp³-hybridized carbons (Fsp3) is 0.364. The Kier molecular flexibility index (Phi) is 8.34. The average molecular weight is 385 g/mol. The average Bonchev–Trinajstić information content (AvgIpc) is 2.67. The van der Waals surface area contributed by atoms with Gasteiger partial charge < -0.3 is 19.5 Å². The molecule has 0 bridgehead atoms. The van der Waals surface area contributed by atoms with Crippen LogP contribution >= 0.6 is 0 Å². The van der Waals surface area contributed by atoms with Crippen molar-refractivity contribution in [3.8, 4) is 11.5 Å². The van der Waals surface area contributed by atoms with Gasteiger partial charge in [0, 0.05) is 12.1 Å². The smallest absolute Gasteiger partial charge is 0.306 e. The Morgan fingerprint density at radius 1 is 1.00 bits per heavy atom. The van der Waals surface area contributed by atoms with Crippen LogP contribution in [0.5, 0.6) is 11.5 Å². The molecule has 1 N–H and O–H groups in total. The number of amides is 1. The molecule has 0 saturated carbocycles. The lowest BCUT2D eigenvalue weighted by Crippen LogP contribution is -2.21. The summed E-state index contributed by atoms with van der Waals surface area (Å²) in [6, 6.07) is 13.1. The lowest BCUT2D eigenvalue weighted by molar-refractivity contribution is -0.147. The van der Waals surface area contributed by atoms with E-state index in [4.69, 9.17) is 14.2 Å². The molecule has 0 aliphatic rings. The van der Waals surface area contributed by atoms with E-state index >= 15 is 0 Å². The van der Waals surface area contributed by atoms with E-state index in [0.29, 0.717) is 36.8 Å². The van der Waals surface area contributed by atoms with Crippen LogP contribution in [0.1, 0.15) is 30.9 Å². The first-order chi connectivity index (χ1) is 13.5. The number of aryl methyl sites for hydroxylation is 2. The van der Waals surface area contributed by atoms with E-state index in [1.807, 2.05) is 63.2 Å². The number of anilines is 1. The number of hydrogen-bond acceptors (Lipinski definition) is 5. The number of carbonyl (C=O) groups excluding carboxylic acids is 2. The van der Waals surface area contributed by atoms with Crippen molar-refractivity contribution in [2.24, 2.45) is 0 Å². The van der Waals surface area contributed by atoms with Crippen molar-refractivity contribution in [1.82, 2.24) is 0 Å². The summed E-state index contributed by atoms with van der Waals surface area (Å²) < 4.78 is 16.2. The van der Waals surface area contributed by atoms with Crippen LogP contribution in [-0.4, -0.2) is 31.7 Å². The van der Waals surface area contributed by atoms with Crippen molar-refractivity contribution in [1.29, 1.82) is 0 Å². The van der Waals surface area contributed by atoms with Crippen LogP contribution < -0.4 is 14.8 Å². The highest BCUT2D eigenvalue weighted by Gasteiger charge is 2.10. The molecule has 0 aromatic heterocycles. The topological polar surface area (TPSA) is 73.9 Å². The van der Waals surface area contributed by atoms with E-state index in [9.17, 15) is 9.59 Å². The summed E-state index contributed by atoms with van der Waals surface area (Å²) in [4.78, 5) is 23.8. The number of rotatable bonds is 10. The molecule has 0 fully saturated rings. The van der Waals surface area contributed by atoms with E-state index in [1.165, 1.54) is 0 Å². The summed E-state index contributed by atoms with van der Waals surface area (Å²) in [5, 5.41) is 2.74. The van der Waals surface area contributed by atoms with Crippen LogP contribution in [0.25, 0.3) is 0 Å². The Labute approximate surface area is 165 Å². The Morgan fingerprint density at radius 3 is 2.39 bits per heavy atom. The SMILES string of the molecule is CCOc1ccccc1OCCCC(=O)OCC(=O)Nc1ccc(C)cc1C. The zero-order chi connectivity index (χ0) is 20.4. The first-order valence-corrected chi connectivity index (χ1v) is 9.37. The van der Waals surface area contributed by atoms with Crippen molar-refractivity contribution in [3.05, 3.63) is 53.6 Å². The van der Waals surface area contributed by atoms with Crippen LogP contribution in [0, 0.1) is 13.8 Å². The molecule has 0 atom stereocenters. The third-order valence-electron chi connectivity index (χ3n) is 3.95. The van der Waals surface area contributed by atoms with Gasteiger partial charge in [0.25, 0.3) is 5.91 Å². The fourth-order valence-corrected chi connectivity index (χ4v) is 2.60. The molecular formula is C22H27NO5. The van der Waals surface area contributed by atoms with Crippen molar-refractivity contribution >= 4 is 17.6 Å². The summed E-state index contributed by atoms with van der Waals surface area (Å²) in [6.45, 7) is 6.41. The molecule has 2 aromatic carbocycles. The van der Waals surface area contributed by atoms with Gasteiger partial charge in [-0.1, -0.05) is 29.8 Å². The number of carbonyl (C=O) groups is 2. The number of ether oxygens (including phenoxy) is 3. The van der Waals surface area contributed by atoms with Gasteiger partial charge in [-0.15, -0.1) is 0 Å². The predicted octanol–water partition coefficient (Wildman–Crippen LogP) is 4.04. The van der Waals surface area contributed by atoms with Crippen molar-refractivity contribution in [3.63, 3.8) is 0 Å². The molecule has 6 nitrogen and oxygen atoms in total. The maximum Gasteiger partial charge on any atom is 0.306 e. The Balaban J connectivity index is 1.66. The van der Waals surface area contributed by atoms with Gasteiger partial charge in [0.05, 0.1) is 13.2 Å². The molecule has 150 valence electrons. The second kappa shape index (κ2) is 11.0. The minimum atomic E-state index is -0.433. The molecule has 0 radical (unpaired) electrons. The van der Waals surface area contributed by atoms with E-state index < -0.39 is 5.97 Å². The number of nitrogens with one attached hydrogen (secondary N) is 1. The zero-order valence-electron chi connectivity index (χ0n) is 16.6. The maximum atomic E-state index is 11.9. The summed E-state index contributed by atoms with van der Waals surface area (Å²) in [5.41, 5.74) is 2.80. The van der Waals surface area contributed by atoms with Gasteiger partial charge in [0.2, 0.25) is 0 Å². The zero-order valence-corrected chi connectivity index (χ0v) is 16.6. The Hall–Kier alpha value is -3.02. The van der Waals surface area contributed by atoms with Crippen molar-refractivity contribution in [2.45, 2.75) is 33.6 Å². The van der Waals surface area contributed by atoms with E-state index in [0.717, 1.165) is 11.1 Å². The molecule has 0 unspecified atom stereocenters. The van der Waals surface area contributed by atoms with Crippen LogP contribution in [-0.2, 0) is 14.3 Å². The maximum absolute atomic E-state index is 11.9. The summed E-state index contributed by atoms with van der Waals surface area (Å²) >= 11 is 0. The fourth-order valence-electron chi connectivity index (χ4n) is 2.60. The second-order valence-electron chi connectivity index (χ2n) is 6.36. The number of esters is 1. The summed E-state index contributed by atoms with van der Waals surface area (Å²) in [5.74, 6) is 0.529. The third kappa shape index (κ3) is 6.95. The Bertz CT molecular complexity index is 803. The highest BCUT2D eigenvalue weighted by molar-refractivity contribution is 5.93. The molecule has 0 heterocycles. The standard InChI is InChI=1S/C22H27NO5/c1-4-26-19-8-5-6-9-20(19)27-13-7-10-22(25)28-15-21(24)23-18-12-11-16(2)14-17(18)3/h5-6,8-9,11-12,14H,4,7,10,13,15H2,1-3H3,(H,23,24). The van der Waals surface area contributed by atoms with E-state index in [2.05, 4.69) is 5.32 Å². The van der Waals surface area contributed by atoms with Crippen molar-refractivity contribution < 1.29 is 23.8 Å². The Morgan fingerprint density at radius 2 is 1.71 bits per heavy atom. The summed E-state index contributed by atoms with van der Waals surface area (Å²) in [7, 11) is 0. The van der Waals surface area contributed by atoms with Gasteiger partial charge in [0.15, 0.2) is 18.1 Å². The lowest BCUT2D eigenvalue weighted by atomic mass is 10.1. The molecule has 2 aromatic rings. The predicted molar refractivity (Wildman–Crippen MR) is 108 cm³/mol. The highest BCUT2D eigenvalue weighted by Crippen LogP contribution is 2.26. The molecule has 2 rings (SSSR count). The molecular weight excluding hydrogens is 358 g/mol. The van der Waals surface area contributed by atoms with Crippen LogP contribution in [0.3, 0.4) is 0 Å². The van der Waals surface area contributed by atoms with Gasteiger partial charge in [0.1, 0.15) is 0 Å². The first kappa shape index (κ1) is 21.3. The molecule has 0 aliphatic carbocycles. The first-order valence-electron chi connectivity index (χ1n) is 9.37. The normalized spacial score (nSPS) is 10.2. The monoisotopic (exact) mass is 385 g/mol. The van der Waals surface area contributed by atoms with Gasteiger partial charge in [-0.2, -0.15) is 0 Å². The van der Waals surface area contributed by atoms with Crippen LogP contribution in [0.2, 0.25) is 0 Å². The molecule has 0 aliphatic heterocycles. The van der Waals surface area contributed by atoms with Crippen LogP contribution in [0.15, 0.2) is 42.5 Å². The molecule has 6 heteroatoms. The lowest BCUT2D eigenvalue weighted by Gasteiger charge is -2.11. The largest absolute Gasteiger partial charge is 0.490 e. The van der Waals surface area contributed by atoms with E-state index in [1.54, 1.807) is 0 Å².